The predicted molar refractivity (Wildman–Crippen MR) is 43.8 cm³/mol. The van der Waals surface area contributed by atoms with Crippen molar-refractivity contribution in [3.63, 3.8) is 0 Å². The van der Waals surface area contributed by atoms with Crippen molar-refractivity contribution in [3.05, 3.63) is 35.9 Å². The number of benzene rings is 1. The fraction of sp³-hybridized carbons (Fsp3) is 0.222. The van der Waals surface area contributed by atoms with Crippen molar-refractivity contribution in [1.82, 2.24) is 0 Å². The minimum atomic E-state index is -0.444. The molecule has 1 unspecified atom stereocenters. The van der Waals surface area contributed by atoms with E-state index in [9.17, 15) is 0 Å². The van der Waals surface area contributed by atoms with Crippen LogP contribution in [0.2, 0.25) is 0 Å². The van der Waals surface area contributed by atoms with Gasteiger partial charge in [-0.05, 0) is 12.1 Å². The average molecular weight is 148 g/mol. The van der Waals surface area contributed by atoms with Crippen LogP contribution in [0.4, 0.5) is 0 Å². The van der Waals surface area contributed by atoms with Gasteiger partial charge in [0.25, 0.3) is 0 Å². The fourth-order valence-corrected chi connectivity index (χ4v) is 1.01. The normalized spacial score (nSPS) is 23.8. The van der Waals surface area contributed by atoms with Crippen molar-refractivity contribution in [2.75, 3.05) is 13.1 Å². The third kappa shape index (κ3) is 1.24. The highest BCUT2D eigenvalue weighted by Gasteiger charge is 2.07. The summed E-state index contributed by atoms with van der Waals surface area (Å²) in [7, 11) is 0. The van der Waals surface area contributed by atoms with Gasteiger partial charge < -0.3 is 4.74 Å². The second-order valence-electron chi connectivity index (χ2n) is 2.29. The second kappa shape index (κ2) is 2.74. The van der Waals surface area contributed by atoms with Gasteiger partial charge >= 0.3 is 0 Å². The molecule has 1 aromatic carbocycles. The molecule has 0 aromatic heterocycles. The Kier molecular flexibility index (Phi) is 1.33. The SMILES string of the molecule is [2H]C1COC(c2ccccc2)=N1. The summed E-state index contributed by atoms with van der Waals surface area (Å²) in [4.78, 5) is 4.02. The van der Waals surface area contributed by atoms with E-state index in [0.717, 1.165) is 5.56 Å². The van der Waals surface area contributed by atoms with Gasteiger partial charge in [-0.3, -0.25) is 0 Å². The summed E-state index contributed by atoms with van der Waals surface area (Å²) in [6.07, 6.45) is 0. The van der Waals surface area contributed by atoms with E-state index in [2.05, 4.69) is 4.99 Å². The Labute approximate surface area is 66.9 Å². The summed E-state index contributed by atoms with van der Waals surface area (Å²) in [6, 6.07) is 9.65. The van der Waals surface area contributed by atoms with Crippen molar-refractivity contribution < 1.29 is 6.11 Å². The fourth-order valence-electron chi connectivity index (χ4n) is 1.01. The molecular formula is C9H9NO. The predicted octanol–water partition coefficient (Wildman–Crippen LogP) is 1.46. The Hall–Kier alpha value is -1.31. The van der Waals surface area contributed by atoms with E-state index < -0.39 is 6.52 Å². The molecule has 56 valence electrons. The summed E-state index contributed by atoms with van der Waals surface area (Å²) < 4.78 is 12.5. The largest absolute Gasteiger partial charge is 0.476 e. The molecule has 2 nitrogen and oxygen atoms in total. The summed E-state index contributed by atoms with van der Waals surface area (Å²) in [5, 5.41) is 0. The van der Waals surface area contributed by atoms with Gasteiger partial charge in [-0.25, -0.2) is 4.99 Å². The lowest BCUT2D eigenvalue weighted by molar-refractivity contribution is 0.348. The molecular weight excluding hydrogens is 138 g/mol. The van der Waals surface area contributed by atoms with Crippen LogP contribution in [0.25, 0.3) is 0 Å². The molecule has 0 spiro atoms. The molecule has 0 radical (unpaired) electrons. The molecule has 1 aromatic rings. The van der Waals surface area contributed by atoms with E-state index in [1.54, 1.807) is 0 Å². The maximum atomic E-state index is 7.30. The molecule has 0 N–H and O–H groups in total. The van der Waals surface area contributed by atoms with E-state index in [4.69, 9.17) is 6.11 Å². The van der Waals surface area contributed by atoms with Crippen LogP contribution >= 0.6 is 0 Å². The maximum Gasteiger partial charge on any atom is 0.216 e. The first-order chi connectivity index (χ1) is 5.86. The van der Waals surface area contributed by atoms with E-state index in [0.29, 0.717) is 12.5 Å². The van der Waals surface area contributed by atoms with E-state index >= 15 is 0 Å². The zero-order chi connectivity index (χ0) is 8.39. The molecule has 0 fully saturated rings. The Morgan fingerprint density at radius 1 is 1.36 bits per heavy atom. The molecule has 2 rings (SSSR count). The minimum absolute atomic E-state index is 0.379. The minimum Gasteiger partial charge on any atom is -0.476 e. The van der Waals surface area contributed by atoms with Gasteiger partial charge in [-0.2, -0.15) is 0 Å². The summed E-state index contributed by atoms with van der Waals surface area (Å²) in [5.74, 6) is 0.593. The second-order valence-corrected chi connectivity index (χ2v) is 2.29. The highest BCUT2D eigenvalue weighted by Crippen LogP contribution is 2.06. The Balaban J connectivity index is 2.27. The molecule has 0 amide bonds. The standard InChI is InChI=1S/C9H9NO/c1-2-4-8(5-3-1)9-10-6-7-11-9/h1-5H,6-7H2/i6D. The summed E-state index contributed by atoms with van der Waals surface area (Å²) in [5.41, 5.74) is 0.951. The van der Waals surface area contributed by atoms with Gasteiger partial charge in [0.05, 0.1) is 7.89 Å². The quantitative estimate of drug-likeness (QED) is 0.591. The van der Waals surface area contributed by atoms with Crippen molar-refractivity contribution in [3.8, 4) is 0 Å². The number of hydrogen-bond acceptors (Lipinski definition) is 2. The molecule has 1 aliphatic heterocycles. The van der Waals surface area contributed by atoms with Gasteiger partial charge in [-0.15, -0.1) is 0 Å². The van der Waals surface area contributed by atoms with Crippen LogP contribution in [0.5, 0.6) is 0 Å². The molecule has 1 atom stereocenters. The van der Waals surface area contributed by atoms with Crippen LogP contribution in [0.1, 0.15) is 6.93 Å². The smallest absolute Gasteiger partial charge is 0.216 e. The van der Waals surface area contributed by atoms with Crippen LogP contribution < -0.4 is 0 Å². The Morgan fingerprint density at radius 2 is 2.18 bits per heavy atom. The first-order valence-electron chi connectivity index (χ1n) is 4.12. The van der Waals surface area contributed by atoms with Crippen LogP contribution in [0, 0.1) is 0 Å². The van der Waals surface area contributed by atoms with Crippen LogP contribution in [-0.4, -0.2) is 19.0 Å². The molecule has 0 bridgehead atoms. The lowest BCUT2D eigenvalue weighted by Gasteiger charge is -1.98. The number of nitrogens with zero attached hydrogens (tertiary/aromatic N) is 1. The van der Waals surface area contributed by atoms with Gasteiger partial charge in [0.1, 0.15) is 6.61 Å². The van der Waals surface area contributed by atoms with Crippen molar-refractivity contribution >= 4 is 5.90 Å². The molecule has 0 saturated carbocycles. The lowest BCUT2D eigenvalue weighted by atomic mass is 10.2. The van der Waals surface area contributed by atoms with Gasteiger partial charge in [0.15, 0.2) is 0 Å². The number of rotatable bonds is 1. The van der Waals surface area contributed by atoms with E-state index in [-0.39, 0.29) is 0 Å². The molecule has 0 saturated heterocycles. The van der Waals surface area contributed by atoms with Crippen molar-refractivity contribution in [2.24, 2.45) is 4.99 Å². The molecule has 0 aliphatic carbocycles. The summed E-state index contributed by atoms with van der Waals surface area (Å²) in [6.45, 7) is -0.0651. The van der Waals surface area contributed by atoms with Crippen molar-refractivity contribution in [2.45, 2.75) is 0 Å². The Bertz CT molecular complexity index is 297. The van der Waals surface area contributed by atoms with Crippen LogP contribution in [0.3, 0.4) is 0 Å². The zero-order valence-corrected chi connectivity index (χ0v) is 6.03. The first kappa shape index (κ1) is 5.35. The lowest BCUT2D eigenvalue weighted by Crippen LogP contribution is -1.99. The maximum absolute atomic E-state index is 7.30. The average Bonchev–Trinajstić information content (AvgIpc) is 2.54. The third-order valence-corrected chi connectivity index (χ3v) is 1.52. The zero-order valence-electron chi connectivity index (χ0n) is 7.03. The topological polar surface area (TPSA) is 21.6 Å². The van der Waals surface area contributed by atoms with Crippen molar-refractivity contribution in [1.29, 1.82) is 0 Å². The molecule has 1 aliphatic rings. The monoisotopic (exact) mass is 148 g/mol. The molecule has 2 heteroatoms. The van der Waals surface area contributed by atoms with Gasteiger partial charge in [0, 0.05) is 5.56 Å². The number of aliphatic imine (C=N–C) groups is 1. The number of hydrogen-bond donors (Lipinski definition) is 0. The van der Waals surface area contributed by atoms with E-state index in [1.165, 1.54) is 0 Å². The van der Waals surface area contributed by atoms with Crippen LogP contribution in [-0.2, 0) is 4.74 Å². The third-order valence-electron chi connectivity index (χ3n) is 1.52. The highest BCUT2D eigenvalue weighted by atomic mass is 16.5. The Morgan fingerprint density at radius 3 is 2.82 bits per heavy atom. The molecule has 1 heterocycles. The van der Waals surface area contributed by atoms with Gasteiger partial charge in [0.2, 0.25) is 5.90 Å². The first-order valence-corrected chi connectivity index (χ1v) is 3.54. The van der Waals surface area contributed by atoms with Crippen LogP contribution in [0.15, 0.2) is 35.3 Å². The van der Waals surface area contributed by atoms with E-state index in [1.807, 2.05) is 30.3 Å². The molecule has 11 heavy (non-hydrogen) atoms. The number of ether oxygens (including phenoxy) is 1. The summed E-state index contributed by atoms with van der Waals surface area (Å²) >= 11 is 0. The highest BCUT2D eigenvalue weighted by molar-refractivity contribution is 5.94. The van der Waals surface area contributed by atoms with Gasteiger partial charge in [-0.1, -0.05) is 18.2 Å².